The first-order valence-electron chi connectivity index (χ1n) is 9.12. The van der Waals surface area contributed by atoms with Gasteiger partial charge in [0, 0.05) is 37.8 Å². The molecule has 1 amide bonds. The molecule has 0 unspecified atom stereocenters. The molecule has 0 saturated carbocycles. The van der Waals surface area contributed by atoms with Crippen molar-refractivity contribution in [1.82, 2.24) is 4.31 Å². The number of hydrogen-bond acceptors (Lipinski definition) is 5. The average Bonchev–Trinajstić information content (AvgIpc) is 2.67. The van der Waals surface area contributed by atoms with Gasteiger partial charge in [-0.25, -0.2) is 8.42 Å². The number of amides is 1. The minimum absolute atomic E-state index is 0.0460. The van der Waals surface area contributed by atoms with E-state index >= 15 is 0 Å². The van der Waals surface area contributed by atoms with Crippen molar-refractivity contribution in [2.45, 2.75) is 18.7 Å². The van der Waals surface area contributed by atoms with Crippen molar-refractivity contribution in [2.75, 3.05) is 44.5 Å². The first-order chi connectivity index (χ1) is 13.6. The Morgan fingerprint density at radius 2 is 1.76 bits per heavy atom. The van der Waals surface area contributed by atoms with Crippen LogP contribution in [0.3, 0.4) is 0 Å². The molecule has 158 valence electrons. The van der Waals surface area contributed by atoms with Crippen LogP contribution in [-0.2, 0) is 10.0 Å². The summed E-state index contributed by atoms with van der Waals surface area (Å²) >= 11 is 6.07. The predicted molar refractivity (Wildman–Crippen MR) is 117 cm³/mol. The molecule has 0 aliphatic carbocycles. The van der Waals surface area contributed by atoms with Gasteiger partial charge in [0.1, 0.15) is 10.6 Å². The number of carbonyl (C=O) groups excluding carboxylic acids is 1. The van der Waals surface area contributed by atoms with Crippen molar-refractivity contribution in [1.29, 1.82) is 0 Å². The molecular weight excluding hydrogens is 414 g/mol. The van der Waals surface area contributed by atoms with Crippen LogP contribution in [-0.4, -0.2) is 52.9 Å². The van der Waals surface area contributed by atoms with E-state index in [0.717, 1.165) is 5.69 Å². The number of methoxy groups -OCH3 is 1. The fraction of sp³-hybridized carbons (Fsp3) is 0.350. The molecule has 9 heteroatoms. The number of sulfonamides is 1. The Bertz CT molecular complexity index is 989. The van der Waals surface area contributed by atoms with Crippen LogP contribution in [0.5, 0.6) is 5.75 Å². The number of hydrogen-bond donors (Lipinski definition) is 1. The molecule has 0 bridgehead atoms. The van der Waals surface area contributed by atoms with Gasteiger partial charge in [-0.15, -0.1) is 0 Å². The second-order valence-electron chi connectivity index (χ2n) is 6.46. The van der Waals surface area contributed by atoms with Crippen LogP contribution in [0.4, 0.5) is 11.4 Å². The molecule has 0 saturated heterocycles. The largest absolute Gasteiger partial charge is 0.495 e. The summed E-state index contributed by atoms with van der Waals surface area (Å²) in [4.78, 5) is 14.7. The predicted octanol–water partition coefficient (Wildman–Crippen LogP) is 3.70. The molecule has 0 fully saturated rings. The second-order valence-corrected chi connectivity index (χ2v) is 8.81. The van der Waals surface area contributed by atoms with Crippen LogP contribution < -0.4 is 15.0 Å². The molecule has 0 aliphatic heterocycles. The van der Waals surface area contributed by atoms with Crippen LogP contribution in [0.2, 0.25) is 5.02 Å². The van der Waals surface area contributed by atoms with Crippen molar-refractivity contribution < 1.29 is 17.9 Å². The highest BCUT2D eigenvalue weighted by Crippen LogP contribution is 2.30. The molecule has 0 radical (unpaired) electrons. The first-order valence-corrected chi connectivity index (χ1v) is 10.9. The molecule has 0 heterocycles. The van der Waals surface area contributed by atoms with E-state index in [1.165, 1.54) is 29.6 Å². The summed E-state index contributed by atoms with van der Waals surface area (Å²) in [6.45, 7) is 4.14. The maximum absolute atomic E-state index is 13.0. The number of halogens is 1. The normalized spacial score (nSPS) is 11.4. The summed E-state index contributed by atoms with van der Waals surface area (Å²) in [5.74, 6) is -0.265. The zero-order valence-electron chi connectivity index (χ0n) is 17.2. The fourth-order valence-electron chi connectivity index (χ4n) is 2.91. The lowest BCUT2D eigenvalue weighted by atomic mass is 10.2. The van der Waals surface area contributed by atoms with Gasteiger partial charge in [0.2, 0.25) is 10.0 Å². The standard InChI is InChI=1S/C20H26ClN3O4S/c1-6-24(7-2)29(26,27)19-12-14(8-11-18(19)28-5)20(25)22-16-13-15(21)9-10-17(16)23(3)4/h8-13H,6-7H2,1-5H3,(H,22,25). The maximum atomic E-state index is 13.0. The second kappa shape index (κ2) is 9.47. The van der Waals surface area contributed by atoms with E-state index < -0.39 is 15.9 Å². The van der Waals surface area contributed by atoms with Gasteiger partial charge >= 0.3 is 0 Å². The fourth-order valence-corrected chi connectivity index (χ4v) is 4.73. The number of anilines is 2. The lowest BCUT2D eigenvalue weighted by Crippen LogP contribution is -2.31. The molecule has 2 aromatic carbocycles. The molecule has 7 nitrogen and oxygen atoms in total. The van der Waals surface area contributed by atoms with E-state index in [2.05, 4.69) is 5.32 Å². The SMILES string of the molecule is CCN(CC)S(=O)(=O)c1cc(C(=O)Nc2cc(Cl)ccc2N(C)C)ccc1OC. The van der Waals surface area contributed by atoms with Crippen molar-refractivity contribution in [3.05, 3.63) is 47.0 Å². The van der Waals surface area contributed by atoms with Crippen molar-refractivity contribution in [2.24, 2.45) is 0 Å². The summed E-state index contributed by atoms with van der Waals surface area (Å²) in [5, 5.41) is 3.29. The summed E-state index contributed by atoms with van der Waals surface area (Å²) in [7, 11) is 1.29. The van der Waals surface area contributed by atoms with Gasteiger partial charge < -0.3 is 15.0 Å². The first kappa shape index (κ1) is 23.0. The highest BCUT2D eigenvalue weighted by Gasteiger charge is 2.27. The van der Waals surface area contributed by atoms with Gasteiger partial charge in [-0.3, -0.25) is 4.79 Å². The molecule has 29 heavy (non-hydrogen) atoms. The van der Waals surface area contributed by atoms with Crippen LogP contribution in [0, 0.1) is 0 Å². The van der Waals surface area contributed by atoms with Crippen LogP contribution in [0.1, 0.15) is 24.2 Å². The quantitative estimate of drug-likeness (QED) is 0.678. The summed E-state index contributed by atoms with van der Waals surface area (Å²) in [6, 6.07) is 9.51. The number of ether oxygens (including phenoxy) is 1. The summed E-state index contributed by atoms with van der Waals surface area (Å²) < 4.78 is 32.5. The minimum atomic E-state index is -3.80. The monoisotopic (exact) mass is 439 g/mol. The lowest BCUT2D eigenvalue weighted by Gasteiger charge is -2.21. The Balaban J connectivity index is 2.47. The third-order valence-electron chi connectivity index (χ3n) is 4.44. The Hall–Kier alpha value is -2.29. The van der Waals surface area contributed by atoms with Crippen molar-refractivity contribution in [3.8, 4) is 5.75 Å². The smallest absolute Gasteiger partial charge is 0.255 e. The van der Waals surface area contributed by atoms with E-state index in [0.29, 0.717) is 23.8 Å². The molecule has 1 N–H and O–H groups in total. The summed E-state index contributed by atoms with van der Waals surface area (Å²) in [6.07, 6.45) is 0. The Morgan fingerprint density at radius 1 is 1.10 bits per heavy atom. The number of nitrogens with zero attached hydrogens (tertiary/aromatic N) is 2. The zero-order valence-corrected chi connectivity index (χ0v) is 18.8. The molecule has 2 rings (SSSR count). The van der Waals surface area contributed by atoms with Gasteiger partial charge in [-0.1, -0.05) is 25.4 Å². The van der Waals surface area contributed by atoms with Crippen LogP contribution in [0.15, 0.2) is 41.3 Å². The third kappa shape index (κ3) is 5.01. The number of rotatable bonds is 8. The Kier molecular flexibility index (Phi) is 7.51. The van der Waals surface area contributed by atoms with Crippen molar-refractivity contribution in [3.63, 3.8) is 0 Å². The van der Waals surface area contributed by atoms with E-state index in [4.69, 9.17) is 16.3 Å². The van der Waals surface area contributed by atoms with E-state index in [1.807, 2.05) is 19.0 Å². The number of benzene rings is 2. The number of nitrogens with one attached hydrogen (secondary N) is 1. The van der Waals surface area contributed by atoms with Gasteiger partial charge in [0.05, 0.1) is 18.5 Å². The van der Waals surface area contributed by atoms with E-state index in [1.54, 1.807) is 32.0 Å². The molecular formula is C20H26ClN3O4S. The van der Waals surface area contributed by atoms with E-state index in [9.17, 15) is 13.2 Å². The highest BCUT2D eigenvalue weighted by atomic mass is 35.5. The molecule has 2 aromatic rings. The van der Waals surface area contributed by atoms with Gasteiger partial charge in [0.25, 0.3) is 5.91 Å². The Labute approximate surface area is 177 Å². The molecule has 0 aromatic heterocycles. The lowest BCUT2D eigenvalue weighted by molar-refractivity contribution is 0.102. The third-order valence-corrected chi connectivity index (χ3v) is 6.74. The summed E-state index contributed by atoms with van der Waals surface area (Å²) in [5.41, 5.74) is 1.49. The van der Waals surface area contributed by atoms with Crippen molar-refractivity contribution >= 4 is 38.9 Å². The van der Waals surface area contributed by atoms with Gasteiger partial charge in [-0.05, 0) is 36.4 Å². The van der Waals surface area contributed by atoms with Gasteiger partial charge in [-0.2, -0.15) is 4.31 Å². The number of carbonyl (C=O) groups is 1. The zero-order chi connectivity index (χ0) is 21.8. The molecule has 0 atom stereocenters. The molecule has 0 aliphatic rings. The molecule has 0 spiro atoms. The van der Waals surface area contributed by atoms with Crippen LogP contribution >= 0.6 is 11.6 Å². The Morgan fingerprint density at radius 3 is 2.31 bits per heavy atom. The van der Waals surface area contributed by atoms with Crippen LogP contribution in [0.25, 0.3) is 0 Å². The highest BCUT2D eigenvalue weighted by molar-refractivity contribution is 7.89. The minimum Gasteiger partial charge on any atom is -0.495 e. The maximum Gasteiger partial charge on any atom is 0.255 e. The van der Waals surface area contributed by atoms with E-state index in [-0.39, 0.29) is 16.2 Å². The average molecular weight is 440 g/mol. The topological polar surface area (TPSA) is 79.0 Å². The van der Waals surface area contributed by atoms with Gasteiger partial charge in [0.15, 0.2) is 0 Å².